The first kappa shape index (κ1) is 14.6. The van der Waals surface area contributed by atoms with Crippen LogP contribution in [0, 0.1) is 0 Å². The van der Waals surface area contributed by atoms with E-state index in [0.29, 0.717) is 0 Å². The van der Waals surface area contributed by atoms with E-state index in [0.717, 1.165) is 38.1 Å². The molecule has 0 saturated carbocycles. The molecule has 0 bridgehead atoms. The molecule has 0 N–H and O–H groups in total. The molecule has 0 aromatic carbocycles. The molecule has 0 radical (unpaired) electrons. The first-order chi connectivity index (χ1) is 10.7. The molecule has 116 valence electrons. The topological polar surface area (TPSA) is 53.5 Å². The van der Waals surface area contributed by atoms with Gasteiger partial charge in [0, 0.05) is 57.5 Å². The Kier molecular flexibility index (Phi) is 4.37. The van der Waals surface area contributed by atoms with Crippen molar-refractivity contribution in [3.05, 3.63) is 54.4 Å². The fourth-order valence-electron chi connectivity index (χ4n) is 2.57. The van der Waals surface area contributed by atoms with E-state index in [4.69, 9.17) is 0 Å². The summed E-state index contributed by atoms with van der Waals surface area (Å²) in [6.07, 6.45) is 15.8. The lowest BCUT2D eigenvalue weighted by molar-refractivity contribution is 0.552. The highest BCUT2D eigenvalue weighted by Gasteiger charge is 2.04. The highest BCUT2D eigenvalue weighted by molar-refractivity contribution is 5.12. The summed E-state index contributed by atoms with van der Waals surface area (Å²) < 4.78 is 6.16. The zero-order valence-corrected chi connectivity index (χ0v) is 13.2. The molecule has 3 heterocycles. The van der Waals surface area contributed by atoms with Crippen LogP contribution >= 0.6 is 0 Å². The van der Waals surface area contributed by atoms with Crippen LogP contribution in [0.3, 0.4) is 0 Å². The van der Waals surface area contributed by atoms with Crippen LogP contribution < -0.4 is 0 Å². The Hall–Kier alpha value is -2.37. The van der Waals surface area contributed by atoms with Crippen LogP contribution in [-0.4, -0.2) is 28.9 Å². The van der Waals surface area contributed by atoms with Gasteiger partial charge in [0.05, 0.1) is 12.5 Å². The summed E-state index contributed by atoms with van der Waals surface area (Å²) in [7, 11) is 4.06. The van der Waals surface area contributed by atoms with Crippen molar-refractivity contribution in [3.63, 3.8) is 0 Å². The van der Waals surface area contributed by atoms with Crippen LogP contribution in [0.4, 0.5) is 0 Å². The SMILES string of the molecule is Cn1cncc1CCCCn1cc(Cc2nccn2C)cn1. The monoisotopic (exact) mass is 298 g/mol. The lowest BCUT2D eigenvalue weighted by Crippen LogP contribution is -2.01. The van der Waals surface area contributed by atoms with Gasteiger partial charge in [-0.2, -0.15) is 5.10 Å². The zero-order valence-electron chi connectivity index (χ0n) is 13.2. The van der Waals surface area contributed by atoms with Crippen molar-refractivity contribution in [2.24, 2.45) is 14.1 Å². The van der Waals surface area contributed by atoms with Crippen LogP contribution in [0.25, 0.3) is 0 Å². The molecule has 3 aromatic heterocycles. The van der Waals surface area contributed by atoms with Gasteiger partial charge >= 0.3 is 0 Å². The highest BCUT2D eigenvalue weighted by Crippen LogP contribution is 2.08. The maximum Gasteiger partial charge on any atom is 0.112 e. The van der Waals surface area contributed by atoms with Gasteiger partial charge in [0.25, 0.3) is 0 Å². The van der Waals surface area contributed by atoms with Crippen LogP contribution in [0.5, 0.6) is 0 Å². The molecule has 3 aromatic rings. The molecule has 0 aliphatic heterocycles. The minimum atomic E-state index is 0.832. The third-order valence-corrected chi connectivity index (χ3v) is 3.96. The molecule has 3 rings (SSSR count). The van der Waals surface area contributed by atoms with Crippen molar-refractivity contribution < 1.29 is 0 Å². The average Bonchev–Trinajstić information content (AvgIpc) is 3.20. The standard InChI is InChI=1S/C16H22N6/c1-20-8-6-18-16(20)9-14-10-19-22(12-14)7-4-3-5-15-11-17-13-21(15)2/h6,8,10-13H,3-5,7,9H2,1-2H3. The number of rotatable bonds is 7. The Labute approximate surface area is 130 Å². The van der Waals surface area contributed by atoms with Gasteiger partial charge in [-0.25, -0.2) is 9.97 Å². The quantitative estimate of drug-likeness (QED) is 0.627. The van der Waals surface area contributed by atoms with Crippen LogP contribution in [0.1, 0.15) is 29.9 Å². The van der Waals surface area contributed by atoms with E-state index in [-0.39, 0.29) is 0 Å². The number of unbranched alkanes of at least 4 members (excludes halogenated alkanes) is 1. The molecule has 0 fully saturated rings. The van der Waals surface area contributed by atoms with Crippen molar-refractivity contribution >= 4 is 0 Å². The van der Waals surface area contributed by atoms with E-state index < -0.39 is 0 Å². The smallest absolute Gasteiger partial charge is 0.112 e. The number of aryl methyl sites for hydroxylation is 4. The van der Waals surface area contributed by atoms with E-state index in [9.17, 15) is 0 Å². The summed E-state index contributed by atoms with van der Waals surface area (Å²) in [5.41, 5.74) is 2.50. The fourth-order valence-corrected chi connectivity index (χ4v) is 2.57. The molecule has 0 spiro atoms. The van der Waals surface area contributed by atoms with E-state index in [1.165, 1.54) is 11.3 Å². The van der Waals surface area contributed by atoms with Crippen molar-refractivity contribution in [2.45, 2.75) is 32.2 Å². The van der Waals surface area contributed by atoms with Gasteiger partial charge in [-0.1, -0.05) is 0 Å². The Morgan fingerprint density at radius 3 is 2.73 bits per heavy atom. The number of hydrogen-bond donors (Lipinski definition) is 0. The highest BCUT2D eigenvalue weighted by atomic mass is 15.3. The van der Waals surface area contributed by atoms with E-state index in [2.05, 4.69) is 25.8 Å². The summed E-state index contributed by atoms with van der Waals surface area (Å²) in [5, 5.41) is 4.44. The first-order valence-corrected chi connectivity index (χ1v) is 7.65. The molecule has 6 nitrogen and oxygen atoms in total. The summed E-state index contributed by atoms with van der Waals surface area (Å²) in [4.78, 5) is 8.49. The van der Waals surface area contributed by atoms with Gasteiger partial charge in [-0.3, -0.25) is 4.68 Å². The summed E-state index contributed by atoms with van der Waals surface area (Å²) in [6.45, 7) is 0.957. The van der Waals surface area contributed by atoms with Gasteiger partial charge in [0.1, 0.15) is 5.82 Å². The Bertz CT molecular complexity index is 720. The predicted octanol–water partition coefficient (Wildman–Crippen LogP) is 1.96. The van der Waals surface area contributed by atoms with Crippen LogP contribution in [0.2, 0.25) is 0 Å². The molecule has 0 atom stereocenters. The molecule has 6 heteroatoms. The molecule has 22 heavy (non-hydrogen) atoms. The number of imidazole rings is 2. The zero-order chi connectivity index (χ0) is 15.4. The Balaban J connectivity index is 1.46. The Morgan fingerprint density at radius 2 is 2.00 bits per heavy atom. The average molecular weight is 298 g/mol. The van der Waals surface area contributed by atoms with Gasteiger partial charge < -0.3 is 9.13 Å². The lowest BCUT2D eigenvalue weighted by atomic mass is 10.2. The summed E-state index contributed by atoms with van der Waals surface area (Å²) >= 11 is 0. The predicted molar refractivity (Wildman–Crippen MR) is 84.4 cm³/mol. The van der Waals surface area contributed by atoms with Gasteiger partial charge in [0.15, 0.2) is 0 Å². The minimum absolute atomic E-state index is 0.832. The third kappa shape index (κ3) is 3.44. The fraction of sp³-hybridized carbons (Fsp3) is 0.438. The van der Waals surface area contributed by atoms with Crippen molar-refractivity contribution in [1.29, 1.82) is 0 Å². The largest absolute Gasteiger partial charge is 0.338 e. The third-order valence-electron chi connectivity index (χ3n) is 3.96. The van der Waals surface area contributed by atoms with Crippen molar-refractivity contribution in [2.75, 3.05) is 0 Å². The molecule has 0 aliphatic rings. The number of aromatic nitrogens is 6. The summed E-state index contributed by atoms with van der Waals surface area (Å²) in [5.74, 6) is 1.07. The van der Waals surface area contributed by atoms with E-state index >= 15 is 0 Å². The van der Waals surface area contributed by atoms with E-state index in [1.54, 1.807) is 0 Å². The second-order valence-electron chi connectivity index (χ2n) is 5.70. The second-order valence-corrected chi connectivity index (χ2v) is 5.70. The summed E-state index contributed by atoms with van der Waals surface area (Å²) in [6, 6.07) is 0. The Morgan fingerprint density at radius 1 is 1.09 bits per heavy atom. The molecule has 0 aliphatic carbocycles. The molecule has 0 amide bonds. The maximum absolute atomic E-state index is 4.44. The van der Waals surface area contributed by atoms with Gasteiger partial charge in [-0.05, 0) is 24.8 Å². The molecule has 0 unspecified atom stereocenters. The number of nitrogens with zero attached hydrogens (tertiary/aromatic N) is 6. The van der Waals surface area contributed by atoms with Gasteiger partial charge in [-0.15, -0.1) is 0 Å². The van der Waals surface area contributed by atoms with Crippen LogP contribution in [-0.2, 0) is 33.5 Å². The second kappa shape index (κ2) is 6.60. The molecular weight excluding hydrogens is 276 g/mol. The first-order valence-electron chi connectivity index (χ1n) is 7.65. The van der Waals surface area contributed by atoms with Crippen molar-refractivity contribution in [1.82, 2.24) is 28.9 Å². The maximum atomic E-state index is 4.44. The number of hydrogen-bond acceptors (Lipinski definition) is 3. The van der Waals surface area contributed by atoms with Crippen LogP contribution in [0.15, 0.2) is 37.3 Å². The molecular formula is C16H22N6. The lowest BCUT2D eigenvalue weighted by Gasteiger charge is -2.03. The normalized spacial score (nSPS) is 11.2. The van der Waals surface area contributed by atoms with Gasteiger partial charge in [0.2, 0.25) is 0 Å². The molecule has 0 saturated heterocycles. The minimum Gasteiger partial charge on any atom is -0.338 e. The van der Waals surface area contributed by atoms with Crippen molar-refractivity contribution in [3.8, 4) is 0 Å². The van der Waals surface area contributed by atoms with E-state index in [1.807, 2.05) is 54.5 Å².